The maximum absolute atomic E-state index is 5.76. The molecule has 0 bridgehead atoms. The fourth-order valence-electron chi connectivity index (χ4n) is 1.25. The number of anilines is 1. The van der Waals surface area contributed by atoms with Gasteiger partial charge in [0.25, 0.3) is 0 Å². The third kappa shape index (κ3) is 3.63. The molecule has 0 amide bonds. The van der Waals surface area contributed by atoms with Gasteiger partial charge in [-0.05, 0) is 18.8 Å². The molecule has 1 fully saturated rings. The standard InChI is InChI=1S/C10H15ClN2OS/c1-13(10-12-9(11)7-15-10)4-5-14-6-8-2-3-8/h7-8H,2-6H2,1H3. The predicted molar refractivity (Wildman–Crippen MR) is 63.9 cm³/mol. The molecule has 0 unspecified atom stereocenters. The number of halogens is 1. The minimum absolute atomic E-state index is 0.570. The van der Waals surface area contributed by atoms with Crippen molar-refractivity contribution >= 4 is 28.1 Å². The third-order valence-electron chi connectivity index (χ3n) is 2.41. The van der Waals surface area contributed by atoms with Crippen molar-refractivity contribution in [2.75, 3.05) is 31.7 Å². The Balaban J connectivity index is 1.64. The molecule has 3 nitrogen and oxygen atoms in total. The van der Waals surface area contributed by atoms with Crippen molar-refractivity contribution in [3.05, 3.63) is 10.5 Å². The first-order valence-corrected chi connectivity index (χ1v) is 6.41. The molecule has 0 saturated heterocycles. The summed E-state index contributed by atoms with van der Waals surface area (Å²) in [6.45, 7) is 2.56. The average molecular weight is 247 g/mol. The van der Waals surface area contributed by atoms with E-state index in [1.807, 2.05) is 12.4 Å². The summed E-state index contributed by atoms with van der Waals surface area (Å²) in [5, 5.41) is 3.37. The van der Waals surface area contributed by atoms with Crippen molar-refractivity contribution < 1.29 is 4.74 Å². The predicted octanol–water partition coefficient (Wildman–Crippen LogP) is 2.66. The van der Waals surface area contributed by atoms with Gasteiger partial charge >= 0.3 is 0 Å². The zero-order chi connectivity index (χ0) is 10.7. The number of ether oxygens (including phenoxy) is 1. The molecule has 0 atom stereocenters. The maximum atomic E-state index is 5.76. The molecule has 0 aromatic carbocycles. The molecule has 0 spiro atoms. The van der Waals surface area contributed by atoms with E-state index in [9.17, 15) is 0 Å². The Kier molecular flexibility index (Phi) is 3.83. The SMILES string of the molecule is CN(CCOCC1CC1)c1nc(Cl)cs1. The normalized spacial score (nSPS) is 15.6. The quantitative estimate of drug-likeness (QED) is 0.722. The van der Waals surface area contributed by atoms with Crippen LogP contribution in [0, 0.1) is 5.92 Å². The van der Waals surface area contributed by atoms with Crippen LogP contribution in [-0.4, -0.2) is 31.8 Å². The van der Waals surface area contributed by atoms with E-state index in [0.29, 0.717) is 5.15 Å². The van der Waals surface area contributed by atoms with Crippen LogP contribution >= 0.6 is 22.9 Å². The molecule has 2 rings (SSSR count). The van der Waals surface area contributed by atoms with Crippen molar-refractivity contribution in [3.63, 3.8) is 0 Å². The monoisotopic (exact) mass is 246 g/mol. The van der Waals surface area contributed by atoms with E-state index in [4.69, 9.17) is 16.3 Å². The molecule has 1 aliphatic rings. The van der Waals surface area contributed by atoms with E-state index in [0.717, 1.165) is 30.8 Å². The lowest BCUT2D eigenvalue weighted by Crippen LogP contribution is -2.22. The Bertz CT molecular complexity index is 314. The second-order valence-corrected chi connectivity index (χ2v) is 5.12. The Labute approximate surface area is 99.0 Å². The van der Waals surface area contributed by atoms with Crippen LogP contribution in [0.25, 0.3) is 0 Å². The highest BCUT2D eigenvalue weighted by Gasteiger charge is 2.21. The molecule has 1 aromatic heterocycles. The fraction of sp³-hybridized carbons (Fsp3) is 0.700. The van der Waals surface area contributed by atoms with Crippen molar-refractivity contribution in [1.82, 2.24) is 4.98 Å². The van der Waals surface area contributed by atoms with Crippen LogP contribution in [0.1, 0.15) is 12.8 Å². The average Bonchev–Trinajstić information content (AvgIpc) is 2.94. The summed E-state index contributed by atoms with van der Waals surface area (Å²) in [4.78, 5) is 6.26. The Morgan fingerprint density at radius 2 is 2.47 bits per heavy atom. The first-order chi connectivity index (χ1) is 7.25. The van der Waals surface area contributed by atoms with Crippen LogP contribution < -0.4 is 4.90 Å². The Morgan fingerprint density at radius 1 is 1.67 bits per heavy atom. The molecule has 0 N–H and O–H groups in total. The van der Waals surface area contributed by atoms with E-state index in [-0.39, 0.29) is 0 Å². The topological polar surface area (TPSA) is 25.4 Å². The van der Waals surface area contributed by atoms with Crippen LogP contribution in [0.4, 0.5) is 5.13 Å². The van der Waals surface area contributed by atoms with Crippen molar-refractivity contribution in [3.8, 4) is 0 Å². The number of aromatic nitrogens is 1. The maximum Gasteiger partial charge on any atom is 0.186 e. The second kappa shape index (κ2) is 5.14. The van der Waals surface area contributed by atoms with E-state index < -0.39 is 0 Å². The Morgan fingerprint density at radius 3 is 3.07 bits per heavy atom. The van der Waals surface area contributed by atoms with Gasteiger partial charge in [-0.2, -0.15) is 0 Å². The van der Waals surface area contributed by atoms with Gasteiger partial charge in [-0.15, -0.1) is 11.3 Å². The highest BCUT2D eigenvalue weighted by Crippen LogP contribution is 2.28. The van der Waals surface area contributed by atoms with E-state index in [1.165, 1.54) is 12.8 Å². The van der Waals surface area contributed by atoms with Gasteiger partial charge in [-0.25, -0.2) is 4.98 Å². The zero-order valence-corrected chi connectivity index (χ0v) is 10.4. The molecule has 15 heavy (non-hydrogen) atoms. The van der Waals surface area contributed by atoms with Crippen molar-refractivity contribution in [1.29, 1.82) is 0 Å². The summed E-state index contributed by atoms with van der Waals surface area (Å²) in [5.41, 5.74) is 0. The van der Waals surface area contributed by atoms with Crippen LogP contribution in [-0.2, 0) is 4.74 Å². The lowest BCUT2D eigenvalue weighted by Gasteiger charge is -2.15. The molecule has 1 heterocycles. The summed E-state index contributed by atoms with van der Waals surface area (Å²) in [5.74, 6) is 0.838. The Hall–Kier alpha value is -0.320. The minimum atomic E-state index is 0.570. The lowest BCUT2D eigenvalue weighted by molar-refractivity contribution is 0.131. The number of hydrogen-bond donors (Lipinski definition) is 0. The molecule has 1 aromatic rings. The molecule has 1 aliphatic carbocycles. The van der Waals surface area contributed by atoms with Crippen LogP contribution in [0.3, 0.4) is 0 Å². The van der Waals surface area contributed by atoms with Gasteiger partial charge in [0.1, 0.15) is 5.15 Å². The van der Waals surface area contributed by atoms with Crippen LogP contribution in [0.15, 0.2) is 5.38 Å². The van der Waals surface area contributed by atoms with E-state index >= 15 is 0 Å². The van der Waals surface area contributed by atoms with Gasteiger partial charge in [0, 0.05) is 25.6 Å². The van der Waals surface area contributed by atoms with Crippen LogP contribution in [0.5, 0.6) is 0 Å². The first-order valence-electron chi connectivity index (χ1n) is 5.15. The molecule has 0 radical (unpaired) electrons. The summed E-state index contributed by atoms with van der Waals surface area (Å²) in [6, 6.07) is 0. The molecular formula is C10H15ClN2OS. The molecular weight excluding hydrogens is 232 g/mol. The lowest BCUT2D eigenvalue weighted by atomic mass is 10.5. The van der Waals surface area contributed by atoms with E-state index in [1.54, 1.807) is 11.3 Å². The number of nitrogens with zero attached hydrogens (tertiary/aromatic N) is 2. The highest BCUT2D eigenvalue weighted by molar-refractivity contribution is 7.14. The summed E-state index contributed by atoms with van der Waals surface area (Å²) < 4.78 is 5.56. The van der Waals surface area contributed by atoms with Crippen LogP contribution in [0.2, 0.25) is 5.15 Å². The van der Waals surface area contributed by atoms with Gasteiger partial charge in [0.15, 0.2) is 5.13 Å². The molecule has 84 valence electrons. The second-order valence-electron chi connectivity index (χ2n) is 3.89. The van der Waals surface area contributed by atoms with Gasteiger partial charge in [-0.3, -0.25) is 0 Å². The van der Waals surface area contributed by atoms with Gasteiger partial charge in [0.05, 0.1) is 6.61 Å². The molecule has 0 aliphatic heterocycles. The van der Waals surface area contributed by atoms with Gasteiger partial charge < -0.3 is 9.64 Å². The van der Waals surface area contributed by atoms with Gasteiger partial charge in [-0.1, -0.05) is 11.6 Å². The number of thiazole rings is 1. The van der Waals surface area contributed by atoms with Crippen molar-refractivity contribution in [2.24, 2.45) is 5.92 Å². The van der Waals surface area contributed by atoms with Gasteiger partial charge in [0.2, 0.25) is 0 Å². The first kappa shape index (κ1) is 11.2. The summed E-state index contributed by atoms with van der Waals surface area (Å²) >= 11 is 7.32. The largest absolute Gasteiger partial charge is 0.379 e. The number of hydrogen-bond acceptors (Lipinski definition) is 4. The summed E-state index contributed by atoms with van der Waals surface area (Å²) in [6.07, 6.45) is 2.69. The third-order valence-corrected chi connectivity index (χ3v) is 3.69. The zero-order valence-electron chi connectivity index (χ0n) is 8.78. The fourth-order valence-corrected chi connectivity index (χ4v) is 2.19. The molecule has 5 heteroatoms. The minimum Gasteiger partial charge on any atom is -0.379 e. The summed E-state index contributed by atoms with van der Waals surface area (Å²) in [7, 11) is 2.01. The highest BCUT2D eigenvalue weighted by atomic mass is 35.5. The molecule has 1 saturated carbocycles. The number of rotatable bonds is 6. The van der Waals surface area contributed by atoms with E-state index in [2.05, 4.69) is 9.88 Å². The number of likely N-dealkylation sites (N-methyl/N-ethyl adjacent to an activating group) is 1. The van der Waals surface area contributed by atoms with Crippen molar-refractivity contribution in [2.45, 2.75) is 12.8 Å². The smallest absolute Gasteiger partial charge is 0.186 e.